The van der Waals surface area contributed by atoms with Crippen LogP contribution < -0.4 is 5.32 Å². The Morgan fingerprint density at radius 1 is 1.56 bits per heavy atom. The van der Waals surface area contributed by atoms with Crippen LogP contribution >= 0.6 is 23.5 Å². The van der Waals surface area contributed by atoms with Crippen LogP contribution in [0.4, 0.5) is 0 Å². The van der Waals surface area contributed by atoms with Crippen LogP contribution in [0.3, 0.4) is 0 Å². The second kappa shape index (κ2) is 6.20. The number of hydrogen-bond acceptors (Lipinski definition) is 4. The first kappa shape index (κ1) is 14.2. The molecule has 0 spiro atoms. The highest BCUT2D eigenvalue weighted by molar-refractivity contribution is 8.14. The molecule has 1 aliphatic heterocycles. The Morgan fingerprint density at radius 2 is 2.25 bits per heavy atom. The molecule has 0 amide bonds. The Labute approximate surface area is 108 Å². The average molecular weight is 260 g/mol. The highest BCUT2D eigenvalue weighted by Gasteiger charge is 2.24. The van der Waals surface area contributed by atoms with Crippen LogP contribution in [0.1, 0.15) is 34.1 Å². The van der Waals surface area contributed by atoms with Crippen molar-refractivity contribution in [1.29, 1.82) is 0 Å². The summed E-state index contributed by atoms with van der Waals surface area (Å²) in [6.07, 6.45) is 3.39. The summed E-state index contributed by atoms with van der Waals surface area (Å²) in [6, 6.07) is 0. The molecule has 2 atom stereocenters. The summed E-state index contributed by atoms with van der Waals surface area (Å²) in [5, 5.41) is 5.92. The molecular weight excluding hydrogens is 236 g/mol. The molecule has 2 nitrogen and oxygen atoms in total. The summed E-state index contributed by atoms with van der Waals surface area (Å²) < 4.78 is 0. The van der Waals surface area contributed by atoms with Gasteiger partial charge < -0.3 is 5.32 Å². The molecule has 1 heterocycles. The smallest absolute Gasteiger partial charge is 0.156 e. The monoisotopic (exact) mass is 260 g/mol. The van der Waals surface area contributed by atoms with Gasteiger partial charge in [0.1, 0.15) is 0 Å². The molecule has 16 heavy (non-hydrogen) atoms. The Hall–Kier alpha value is 0.170. The molecule has 0 saturated heterocycles. The van der Waals surface area contributed by atoms with E-state index >= 15 is 0 Å². The van der Waals surface area contributed by atoms with Gasteiger partial charge in [0.15, 0.2) is 5.17 Å². The van der Waals surface area contributed by atoms with E-state index in [-0.39, 0.29) is 0 Å². The van der Waals surface area contributed by atoms with Gasteiger partial charge in [-0.15, -0.1) is 0 Å². The van der Waals surface area contributed by atoms with Crippen molar-refractivity contribution in [1.82, 2.24) is 5.32 Å². The van der Waals surface area contributed by atoms with E-state index in [1.54, 1.807) is 0 Å². The molecule has 1 rings (SSSR count). The van der Waals surface area contributed by atoms with Crippen molar-refractivity contribution in [2.24, 2.45) is 10.4 Å². The lowest BCUT2D eigenvalue weighted by molar-refractivity contribution is 0.375. The van der Waals surface area contributed by atoms with E-state index in [4.69, 9.17) is 0 Å². The maximum Gasteiger partial charge on any atom is 0.156 e. The van der Waals surface area contributed by atoms with Gasteiger partial charge in [0.05, 0.1) is 6.54 Å². The van der Waals surface area contributed by atoms with Gasteiger partial charge in [-0.1, -0.05) is 39.5 Å². The molecule has 4 heteroatoms. The van der Waals surface area contributed by atoms with E-state index in [0.29, 0.717) is 15.9 Å². The number of thioether (sulfide) groups is 2. The minimum absolute atomic E-state index is 0.412. The first-order valence-electron chi connectivity index (χ1n) is 5.88. The second-order valence-corrected chi connectivity index (χ2v) is 8.14. The maximum absolute atomic E-state index is 4.57. The van der Waals surface area contributed by atoms with Crippen LogP contribution in [-0.4, -0.2) is 35.0 Å². The molecular formula is C12H24N2S2. The molecule has 0 aromatic carbocycles. The van der Waals surface area contributed by atoms with Gasteiger partial charge in [0, 0.05) is 17.0 Å². The molecule has 0 saturated carbocycles. The third-order valence-corrected chi connectivity index (χ3v) is 4.62. The third kappa shape index (κ3) is 5.48. The zero-order valence-electron chi connectivity index (χ0n) is 11.0. The molecule has 1 aliphatic rings. The minimum atomic E-state index is 0.412. The number of aliphatic imine (C=N–C) groups is 1. The van der Waals surface area contributed by atoms with E-state index in [1.165, 1.54) is 6.42 Å². The Kier molecular flexibility index (Phi) is 5.51. The van der Waals surface area contributed by atoms with Crippen molar-refractivity contribution in [3.63, 3.8) is 0 Å². The summed E-state index contributed by atoms with van der Waals surface area (Å²) in [6.45, 7) is 11.1. The summed E-state index contributed by atoms with van der Waals surface area (Å²) in [4.78, 5) is 4.57. The Bertz CT molecular complexity index is 246. The Morgan fingerprint density at radius 3 is 2.81 bits per heavy atom. The number of hydrogen-bond donors (Lipinski definition) is 1. The largest absolute Gasteiger partial charge is 0.364 e. The van der Waals surface area contributed by atoms with Gasteiger partial charge >= 0.3 is 0 Å². The summed E-state index contributed by atoms with van der Waals surface area (Å²) in [5.41, 5.74) is 0.412. The van der Waals surface area contributed by atoms with Gasteiger partial charge in [-0.2, -0.15) is 11.8 Å². The third-order valence-electron chi connectivity index (χ3n) is 2.50. The van der Waals surface area contributed by atoms with Crippen LogP contribution in [0.5, 0.6) is 0 Å². The fourth-order valence-electron chi connectivity index (χ4n) is 1.62. The molecule has 1 N–H and O–H groups in total. The van der Waals surface area contributed by atoms with Crippen LogP contribution in [0.15, 0.2) is 4.99 Å². The molecule has 0 radical (unpaired) electrons. The fourth-order valence-corrected chi connectivity index (χ4v) is 3.23. The molecule has 2 unspecified atom stereocenters. The van der Waals surface area contributed by atoms with Crippen molar-refractivity contribution in [3.05, 3.63) is 0 Å². The Balaban J connectivity index is 2.24. The molecule has 0 aliphatic carbocycles. The number of nitrogens with one attached hydrogen (secondary N) is 1. The topological polar surface area (TPSA) is 24.4 Å². The highest BCUT2D eigenvalue weighted by Crippen LogP contribution is 2.31. The van der Waals surface area contributed by atoms with E-state index in [2.05, 4.69) is 44.3 Å². The maximum atomic E-state index is 4.57. The van der Waals surface area contributed by atoms with E-state index in [1.807, 2.05) is 23.5 Å². The zero-order chi connectivity index (χ0) is 12.2. The van der Waals surface area contributed by atoms with Crippen LogP contribution in [0.25, 0.3) is 0 Å². The fraction of sp³-hybridized carbons (Fsp3) is 0.917. The number of rotatable bonds is 4. The summed E-state index contributed by atoms with van der Waals surface area (Å²) >= 11 is 3.81. The molecule has 0 aromatic rings. The lowest BCUT2D eigenvalue weighted by Gasteiger charge is -2.21. The molecule has 0 aromatic heterocycles. The first-order chi connectivity index (χ1) is 7.40. The standard InChI is InChI=1S/C12H24N2S2/c1-9(15-5)7-13-11-14-8-10(16-11)6-12(2,3)4/h9-10H,6-8H2,1-5H3,(H,13,14). The van der Waals surface area contributed by atoms with Gasteiger partial charge in [0.25, 0.3) is 0 Å². The quantitative estimate of drug-likeness (QED) is 0.840. The average Bonchev–Trinajstić information content (AvgIpc) is 2.59. The lowest BCUT2D eigenvalue weighted by atomic mass is 9.90. The molecule has 0 bridgehead atoms. The van der Waals surface area contributed by atoms with Crippen LogP contribution in [0.2, 0.25) is 0 Å². The number of amidine groups is 1. The summed E-state index contributed by atoms with van der Waals surface area (Å²) in [7, 11) is 0. The number of nitrogens with zero attached hydrogens (tertiary/aromatic N) is 1. The van der Waals surface area contributed by atoms with Crippen molar-refractivity contribution in [2.45, 2.75) is 44.6 Å². The van der Waals surface area contributed by atoms with Gasteiger partial charge in [-0.05, 0) is 18.1 Å². The summed E-state index contributed by atoms with van der Waals surface area (Å²) in [5.74, 6) is 0. The lowest BCUT2D eigenvalue weighted by Crippen LogP contribution is -2.26. The molecule has 0 fully saturated rings. The van der Waals surface area contributed by atoms with Gasteiger partial charge in [0.2, 0.25) is 0 Å². The second-order valence-electron chi connectivity index (χ2n) is 5.58. The van der Waals surface area contributed by atoms with Gasteiger partial charge in [-0.3, -0.25) is 4.99 Å². The first-order valence-corrected chi connectivity index (χ1v) is 8.05. The SMILES string of the molecule is CSC(C)CNC1=NCC(CC(C)(C)C)S1. The van der Waals surface area contributed by atoms with E-state index in [0.717, 1.165) is 18.3 Å². The highest BCUT2D eigenvalue weighted by atomic mass is 32.2. The van der Waals surface area contributed by atoms with Crippen molar-refractivity contribution in [3.8, 4) is 0 Å². The zero-order valence-corrected chi connectivity index (χ0v) is 12.7. The van der Waals surface area contributed by atoms with E-state index in [9.17, 15) is 0 Å². The van der Waals surface area contributed by atoms with Crippen molar-refractivity contribution in [2.75, 3.05) is 19.3 Å². The van der Waals surface area contributed by atoms with Crippen LogP contribution in [-0.2, 0) is 0 Å². The minimum Gasteiger partial charge on any atom is -0.364 e. The van der Waals surface area contributed by atoms with E-state index < -0.39 is 0 Å². The predicted octanol–water partition coefficient (Wildman–Crippen LogP) is 3.24. The predicted molar refractivity (Wildman–Crippen MR) is 78.7 cm³/mol. The molecule has 94 valence electrons. The van der Waals surface area contributed by atoms with Crippen molar-refractivity contribution < 1.29 is 0 Å². The van der Waals surface area contributed by atoms with Crippen LogP contribution in [0, 0.1) is 5.41 Å². The normalized spacial score (nSPS) is 23.1. The van der Waals surface area contributed by atoms with Crippen molar-refractivity contribution >= 4 is 28.7 Å². The van der Waals surface area contributed by atoms with Gasteiger partial charge in [-0.25, -0.2) is 0 Å².